The molecule has 0 saturated heterocycles. The molecule has 1 aliphatic rings. The topological polar surface area (TPSA) is 260 Å². The SMILES string of the molecule is CCC(C)[C@H](NC(=O)CCCCCCCCCCCNC(=O)[C@H](Cc1ccc(O)c([N+](=O)[O-])c1)NC(=O)[C@H](CC1CCCCC1)NC(=O)/C=C/C(=O)O)C(N)=O. The van der Waals surface area contributed by atoms with Gasteiger partial charge in [-0.25, -0.2) is 4.79 Å². The van der Waals surface area contributed by atoms with Crippen molar-refractivity contribution < 1.29 is 43.9 Å². The minimum atomic E-state index is -1.32. The van der Waals surface area contributed by atoms with Gasteiger partial charge in [-0.1, -0.05) is 103 Å². The molecule has 312 valence electrons. The lowest BCUT2D eigenvalue weighted by atomic mass is 9.84. The lowest BCUT2D eigenvalue weighted by Gasteiger charge is -2.28. The molecule has 8 N–H and O–H groups in total. The third-order valence-corrected chi connectivity index (χ3v) is 10.3. The average molecular weight is 787 g/mol. The molecule has 1 fully saturated rings. The molecule has 0 aliphatic heterocycles. The van der Waals surface area contributed by atoms with Gasteiger partial charge in [0.05, 0.1) is 4.92 Å². The molecule has 1 aromatic rings. The number of nitrogens with zero attached hydrogens (tertiary/aromatic N) is 1. The molecule has 0 radical (unpaired) electrons. The van der Waals surface area contributed by atoms with Crippen molar-refractivity contribution in [3.8, 4) is 5.75 Å². The Morgan fingerprint density at radius 3 is 2.09 bits per heavy atom. The van der Waals surface area contributed by atoms with E-state index in [1.165, 1.54) is 6.07 Å². The second kappa shape index (κ2) is 25.9. The van der Waals surface area contributed by atoms with Gasteiger partial charge in [-0.15, -0.1) is 0 Å². The van der Waals surface area contributed by atoms with Crippen LogP contribution in [0.25, 0.3) is 0 Å². The van der Waals surface area contributed by atoms with Gasteiger partial charge in [0.25, 0.3) is 0 Å². The number of benzene rings is 1. The van der Waals surface area contributed by atoms with Crippen molar-refractivity contribution in [3.63, 3.8) is 0 Å². The molecule has 1 unspecified atom stereocenters. The number of rotatable bonds is 27. The zero-order valence-electron chi connectivity index (χ0n) is 32.9. The number of carbonyl (C=O) groups is 6. The summed E-state index contributed by atoms with van der Waals surface area (Å²) in [5.41, 5.74) is 5.22. The van der Waals surface area contributed by atoms with Crippen molar-refractivity contribution in [1.82, 2.24) is 21.3 Å². The number of carboxylic acid groups (broad SMARTS) is 1. The minimum absolute atomic E-state index is 0.0179. The first-order valence-electron chi connectivity index (χ1n) is 20.1. The van der Waals surface area contributed by atoms with Crippen LogP contribution < -0.4 is 27.0 Å². The van der Waals surface area contributed by atoms with Crippen LogP contribution in [0.5, 0.6) is 5.75 Å². The summed E-state index contributed by atoms with van der Waals surface area (Å²) in [6, 6.07) is 0.865. The molecule has 2 rings (SSSR count). The first-order chi connectivity index (χ1) is 26.7. The highest BCUT2D eigenvalue weighted by Gasteiger charge is 2.30. The second-order valence-electron chi connectivity index (χ2n) is 14.9. The maximum atomic E-state index is 13.7. The molecule has 4 atom stereocenters. The number of carbonyl (C=O) groups excluding carboxylic acids is 5. The Balaban J connectivity index is 1.89. The number of phenolic OH excluding ortho intramolecular Hbond substituents is 1. The Bertz CT molecular complexity index is 1500. The fourth-order valence-corrected chi connectivity index (χ4v) is 6.87. The predicted octanol–water partition coefficient (Wildman–Crippen LogP) is 4.46. The summed E-state index contributed by atoms with van der Waals surface area (Å²) in [5, 5.41) is 41.2. The largest absolute Gasteiger partial charge is 0.502 e. The van der Waals surface area contributed by atoms with Crippen LogP contribution in [0.4, 0.5) is 5.69 Å². The third-order valence-electron chi connectivity index (χ3n) is 10.3. The number of nitrogens with two attached hydrogens (primary N) is 1. The van der Waals surface area contributed by atoms with Crippen LogP contribution in [0.3, 0.4) is 0 Å². The molecule has 0 heterocycles. The van der Waals surface area contributed by atoms with Gasteiger partial charge in [0.1, 0.15) is 18.1 Å². The van der Waals surface area contributed by atoms with Crippen LogP contribution in [0.15, 0.2) is 30.4 Å². The van der Waals surface area contributed by atoms with Crippen molar-refractivity contribution in [2.45, 2.75) is 148 Å². The standard InChI is InChI=1S/C40H62N6O10/c1-3-27(2)37(38(41)52)45-34(48)18-14-9-7-5-4-6-8-10-15-23-42-39(53)30(25-29-19-20-33(47)32(26-29)46(55)56)44-40(54)31(24-28-16-12-11-13-17-28)43-35(49)21-22-36(50)51/h19-22,26-28,30-31,37,47H,3-18,23-25H2,1-2H3,(H2,41,52)(H,42,53)(H,43,49)(H,44,54)(H,45,48)(H,50,51)/b22-21+/t27?,30-,31-,37-/m0/s1. The van der Waals surface area contributed by atoms with Crippen molar-refractivity contribution in [2.24, 2.45) is 17.6 Å². The molecule has 1 aliphatic carbocycles. The van der Waals surface area contributed by atoms with Crippen LogP contribution in [-0.4, -0.2) is 75.3 Å². The quantitative estimate of drug-likeness (QED) is 0.0285. The number of nitro groups is 1. The number of primary amides is 1. The number of hydrogen-bond acceptors (Lipinski definition) is 9. The van der Waals surface area contributed by atoms with E-state index in [9.17, 15) is 44.0 Å². The van der Waals surface area contributed by atoms with Gasteiger partial charge in [0, 0.05) is 37.6 Å². The van der Waals surface area contributed by atoms with E-state index in [1.807, 2.05) is 13.8 Å². The number of unbranched alkanes of at least 4 members (excludes halogenated alkanes) is 8. The van der Waals surface area contributed by atoms with Crippen molar-refractivity contribution in [2.75, 3.05) is 6.54 Å². The minimum Gasteiger partial charge on any atom is -0.502 e. The van der Waals surface area contributed by atoms with Gasteiger partial charge in [-0.3, -0.25) is 34.1 Å². The first kappa shape index (κ1) is 47.1. The number of hydrogen-bond donors (Lipinski definition) is 7. The molecule has 0 spiro atoms. The van der Waals surface area contributed by atoms with E-state index in [4.69, 9.17) is 10.8 Å². The van der Waals surface area contributed by atoms with Crippen molar-refractivity contribution in [3.05, 3.63) is 46.0 Å². The molecular weight excluding hydrogens is 724 g/mol. The van der Waals surface area contributed by atoms with Gasteiger partial charge < -0.3 is 37.2 Å². The van der Waals surface area contributed by atoms with Gasteiger partial charge in [0.2, 0.25) is 29.5 Å². The highest BCUT2D eigenvalue weighted by Crippen LogP contribution is 2.28. The number of nitro benzene ring substituents is 1. The van der Waals surface area contributed by atoms with Gasteiger partial charge in [-0.05, 0) is 42.7 Å². The predicted molar refractivity (Wildman–Crippen MR) is 210 cm³/mol. The number of aliphatic carboxylic acids is 1. The summed E-state index contributed by atoms with van der Waals surface area (Å²) in [5.74, 6) is -4.32. The summed E-state index contributed by atoms with van der Waals surface area (Å²) >= 11 is 0. The molecule has 16 heteroatoms. The third kappa shape index (κ3) is 18.5. The molecule has 0 aromatic heterocycles. The fourth-order valence-electron chi connectivity index (χ4n) is 6.87. The van der Waals surface area contributed by atoms with Crippen LogP contribution in [0.1, 0.15) is 129 Å². The zero-order chi connectivity index (χ0) is 41.5. The molecule has 0 bridgehead atoms. The average Bonchev–Trinajstić information content (AvgIpc) is 3.16. The number of amides is 5. The molecule has 1 aromatic carbocycles. The smallest absolute Gasteiger partial charge is 0.328 e. The maximum Gasteiger partial charge on any atom is 0.328 e. The molecule has 56 heavy (non-hydrogen) atoms. The van der Waals surface area contributed by atoms with Crippen LogP contribution >= 0.6 is 0 Å². The van der Waals surface area contributed by atoms with Gasteiger partial charge in [0.15, 0.2) is 5.75 Å². The first-order valence-corrected chi connectivity index (χ1v) is 20.1. The Labute approximate surface area is 329 Å². The van der Waals surface area contributed by atoms with E-state index < -0.39 is 64.1 Å². The summed E-state index contributed by atoms with van der Waals surface area (Å²) in [7, 11) is 0. The number of nitrogens with one attached hydrogen (secondary N) is 4. The monoisotopic (exact) mass is 786 g/mol. The second-order valence-corrected chi connectivity index (χ2v) is 14.9. The lowest BCUT2D eigenvalue weighted by Crippen LogP contribution is -2.54. The van der Waals surface area contributed by atoms with Crippen LogP contribution in [0.2, 0.25) is 0 Å². The Kier molecular flexibility index (Phi) is 21.8. The van der Waals surface area contributed by atoms with Crippen molar-refractivity contribution >= 4 is 41.2 Å². The normalized spacial score (nSPS) is 15.2. The Morgan fingerprint density at radius 2 is 1.50 bits per heavy atom. The number of phenols is 1. The van der Waals surface area contributed by atoms with E-state index in [1.54, 1.807) is 0 Å². The van der Waals surface area contributed by atoms with Crippen LogP contribution in [-0.2, 0) is 35.2 Å². The highest BCUT2D eigenvalue weighted by atomic mass is 16.6. The van der Waals surface area contributed by atoms with Gasteiger partial charge in [-0.2, -0.15) is 0 Å². The lowest BCUT2D eigenvalue weighted by molar-refractivity contribution is -0.385. The highest BCUT2D eigenvalue weighted by molar-refractivity contribution is 5.97. The summed E-state index contributed by atoms with van der Waals surface area (Å²) in [6.45, 7) is 4.16. The maximum absolute atomic E-state index is 13.7. The van der Waals surface area contributed by atoms with E-state index in [0.29, 0.717) is 37.4 Å². The summed E-state index contributed by atoms with van der Waals surface area (Å²) in [4.78, 5) is 85.2. The number of carboxylic acids is 1. The van der Waals surface area contributed by atoms with E-state index >= 15 is 0 Å². The molecule has 16 nitrogen and oxygen atoms in total. The molecule has 5 amide bonds. The molecule has 1 saturated carbocycles. The Morgan fingerprint density at radius 1 is 0.875 bits per heavy atom. The Hall–Kier alpha value is -5.02. The zero-order valence-corrected chi connectivity index (χ0v) is 32.9. The molecular formula is C40H62N6O10. The van der Waals surface area contributed by atoms with Crippen molar-refractivity contribution in [1.29, 1.82) is 0 Å². The van der Waals surface area contributed by atoms with E-state index in [0.717, 1.165) is 108 Å². The van der Waals surface area contributed by atoms with Crippen LogP contribution in [0, 0.1) is 22.0 Å². The summed E-state index contributed by atoms with van der Waals surface area (Å²) < 4.78 is 0. The van der Waals surface area contributed by atoms with Gasteiger partial charge >= 0.3 is 11.7 Å². The van der Waals surface area contributed by atoms with E-state index in [-0.39, 0.29) is 24.2 Å². The number of aromatic hydroxyl groups is 1. The summed E-state index contributed by atoms with van der Waals surface area (Å²) in [6.07, 6.45) is 15.8. The fraction of sp³-hybridized carbons (Fsp3) is 0.650. The van der Waals surface area contributed by atoms with E-state index in [2.05, 4.69) is 21.3 Å².